The Morgan fingerprint density at radius 3 is 3.00 bits per heavy atom. The van der Waals surface area contributed by atoms with E-state index >= 15 is 0 Å². The van der Waals surface area contributed by atoms with Gasteiger partial charge in [0.15, 0.2) is 0 Å². The van der Waals surface area contributed by atoms with Gasteiger partial charge < -0.3 is 14.8 Å². The molecule has 1 fully saturated rings. The smallest absolute Gasteiger partial charge is 0.0509 e. The average molecular weight is 229 g/mol. The second-order valence-electron chi connectivity index (χ2n) is 4.52. The molecule has 0 aromatic rings. The van der Waals surface area contributed by atoms with Crippen LogP contribution in [0, 0.1) is 5.92 Å². The standard InChI is InChI=1S/C13H27NO2/c1-3-8-14-13-7-10-16-11-12(13)6-5-9-15-4-2/h12-14H,3-11H2,1-2H3. The highest BCUT2D eigenvalue weighted by molar-refractivity contribution is 4.79. The summed E-state index contributed by atoms with van der Waals surface area (Å²) in [5, 5.41) is 3.64. The molecule has 2 unspecified atom stereocenters. The summed E-state index contributed by atoms with van der Waals surface area (Å²) >= 11 is 0. The maximum Gasteiger partial charge on any atom is 0.0509 e. The summed E-state index contributed by atoms with van der Waals surface area (Å²) in [5.41, 5.74) is 0. The molecule has 0 aliphatic carbocycles. The molecule has 0 bridgehead atoms. The zero-order chi connectivity index (χ0) is 11.6. The lowest BCUT2D eigenvalue weighted by atomic mass is 9.91. The first kappa shape index (κ1) is 13.9. The van der Waals surface area contributed by atoms with Crippen LogP contribution in [-0.2, 0) is 9.47 Å². The molecular formula is C13H27NO2. The van der Waals surface area contributed by atoms with Gasteiger partial charge in [0.2, 0.25) is 0 Å². The zero-order valence-electron chi connectivity index (χ0n) is 10.8. The first-order chi connectivity index (χ1) is 7.88. The molecule has 0 amide bonds. The van der Waals surface area contributed by atoms with E-state index in [-0.39, 0.29) is 0 Å². The van der Waals surface area contributed by atoms with Crippen LogP contribution in [0.1, 0.15) is 39.5 Å². The van der Waals surface area contributed by atoms with Gasteiger partial charge in [-0.05, 0) is 45.1 Å². The van der Waals surface area contributed by atoms with Gasteiger partial charge in [0.05, 0.1) is 6.61 Å². The zero-order valence-corrected chi connectivity index (χ0v) is 10.8. The summed E-state index contributed by atoms with van der Waals surface area (Å²) in [6, 6.07) is 0.662. The van der Waals surface area contributed by atoms with Gasteiger partial charge in [-0.15, -0.1) is 0 Å². The molecular weight excluding hydrogens is 202 g/mol. The van der Waals surface area contributed by atoms with Crippen LogP contribution in [-0.4, -0.2) is 39.0 Å². The number of rotatable bonds is 8. The highest BCUT2D eigenvalue weighted by Gasteiger charge is 2.24. The van der Waals surface area contributed by atoms with Crippen molar-refractivity contribution in [3.05, 3.63) is 0 Å². The van der Waals surface area contributed by atoms with E-state index < -0.39 is 0 Å². The van der Waals surface area contributed by atoms with Gasteiger partial charge in [0, 0.05) is 25.9 Å². The lowest BCUT2D eigenvalue weighted by molar-refractivity contribution is 0.0242. The van der Waals surface area contributed by atoms with Gasteiger partial charge in [0.1, 0.15) is 0 Å². The Kier molecular flexibility index (Phi) is 7.81. The SMILES string of the molecule is CCCNC1CCOCC1CCCOCC. The Morgan fingerprint density at radius 2 is 2.25 bits per heavy atom. The molecule has 0 aromatic heterocycles. The maximum absolute atomic E-state index is 5.57. The first-order valence-electron chi connectivity index (χ1n) is 6.77. The van der Waals surface area contributed by atoms with Crippen LogP contribution in [0.4, 0.5) is 0 Å². The first-order valence-corrected chi connectivity index (χ1v) is 6.77. The van der Waals surface area contributed by atoms with E-state index in [1.807, 2.05) is 0 Å². The van der Waals surface area contributed by atoms with Crippen LogP contribution < -0.4 is 5.32 Å². The summed E-state index contributed by atoms with van der Waals surface area (Å²) in [6.07, 6.45) is 4.76. The monoisotopic (exact) mass is 229 g/mol. The van der Waals surface area contributed by atoms with Gasteiger partial charge in [-0.25, -0.2) is 0 Å². The Labute approximate surface area is 99.9 Å². The molecule has 0 spiro atoms. The third-order valence-electron chi connectivity index (χ3n) is 3.20. The van der Waals surface area contributed by atoms with E-state index in [0.29, 0.717) is 12.0 Å². The van der Waals surface area contributed by atoms with E-state index in [1.165, 1.54) is 19.3 Å². The molecule has 96 valence electrons. The molecule has 0 aromatic carbocycles. The fourth-order valence-electron chi connectivity index (χ4n) is 2.27. The van der Waals surface area contributed by atoms with Crippen molar-refractivity contribution in [2.45, 2.75) is 45.6 Å². The van der Waals surface area contributed by atoms with Gasteiger partial charge >= 0.3 is 0 Å². The minimum absolute atomic E-state index is 0.662. The molecule has 1 heterocycles. The molecule has 1 N–H and O–H groups in total. The highest BCUT2D eigenvalue weighted by atomic mass is 16.5. The normalized spacial score (nSPS) is 25.9. The Bertz CT molecular complexity index is 164. The molecule has 3 nitrogen and oxygen atoms in total. The maximum atomic E-state index is 5.57. The third-order valence-corrected chi connectivity index (χ3v) is 3.20. The fraction of sp³-hybridized carbons (Fsp3) is 1.00. The van der Waals surface area contributed by atoms with E-state index in [9.17, 15) is 0 Å². The van der Waals surface area contributed by atoms with Crippen LogP contribution in [0.15, 0.2) is 0 Å². The molecule has 1 aliphatic heterocycles. The van der Waals surface area contributed by atoms with Crippen molar-refractivity contribution in [1.82, 2.24) is 5.32 Å². The topological polar surface area (TPSA) is 30.5 Å². The van der Waals surface area contributed by atoms with E-state index in [0.717, 1.165) is 39.4 Å². The summed E-state index contributed by atoms with van der Waals surface area (Å²) in [5.74, 6) is 0.681. The van der Waals surface area contributed by atoms with Gasteiger partial charge in [-0.3, -0.25) is 0 Å². The average Bonchev–Trinajstić information content (AvgIpc) is 2.33. The van der Waals surface area contributed by atoms with E-state index in [2.05, 4.69) is 19.2 Å². The molecule has 3 heteroatoms. The Balaban J connectivity index is 2.18. The summed E-state index contributed by atoms with van der Waals surface area (Å²) < 4.78 is 10.9. The van der Waals surface area contributed by atoms with Crippen molar-refractivity contribution in [2.24, 2.45) is 5.92 Å². The molecule has 16 heavy (non-hydrogen) atoms. The molecule has 0 radical (unpaired) electrons. The summed E-state index contributed by atoms with van der Waals surface area (Å²) in [4.78, 5) is 0. The van der Waals surface area contributed by atoms with Crippen LogP contribution >= 0.6 is 0 Å². The number of hydrogen-bond donors (Lipinski definition) is 1. The largest absolute Gasteiger partial charge is 0.382 e. The van der Waals surface area contributed by atoms with Crippen molar-refractivity contribution in [2.75, 3.05) is 33.0 Å². The van der Waals surface area contributed by atoms with E-state index in [1.54, 1.807) is 0 Å². The number of ether oxygens (including phenoxy) is 2. The Hall–Kier alpha value is -0.120. The second kappa shape index (κ2) is 8.97. The minimum Gasteiger partial charge on any atom is -0.382 e. The lowest BCUT2D eigenvalue weighted by Crippen LogP contribution is -2.43. The van der Waals surface area contributed by atoms with Gasteiger partial charge in [0.25, 0.3) is 0 Å². The molecule has 1 saturated heterocycles. The highest BCUT2D eigenvalue weighted by Crippen LogP contribution is 2.19. The van der Waals surface area contributed by atoms with Crippen LogP contribution in [0.25, 0.3) is 0 Å². The van der Waals surface area contributed by atoms with Crippen molar-refractivity contribution in [3.63, 3.8) is 0 Å². The van der Waals surface area contributed by atoms with Gasteiger partial charge in [-0.1, -0.05) is 6.92 Å². The molecule has 0 saturated carbocycles. The van der Waals surface area contributed by atoms with Crippen LogP contribution in [0.3, 0.4) is 0 Å². The van der Waals surface area contributed by atoms with Crippen molar-refractivity contribution in [3.8, 4) is 0 Å². The number of nitrogens with one attached hydrogen (secondary N) is 1. The molecule has 1 aliphatic rings. The lowest BCUT2D eigenvalue weighted by Gasteiger charge is -2.32. The summed E-state index contributed by atoms with van der Waals surface area (Å²) in [7, 11) is 0. The fourth-order valence-corrected chi connectivity index (χ4v) is 2.27. The predicted octanol–water partition coefficient (Wildman–Crippen LogP) is 2.21. The Morgan fingerprint density at radius 1 is 1.38 bits per heavy atom. The molecule has 1 rings (SSSR count). The van der Waals surface area contributed by atoms with Gasteiger partial charge in [-0.2, -0.15) is 0 Å². The minimum atomic E-state index is 0.662. The third kappa shape index (κ3) is 5.28. The number of hydrogen-bond acceptors (Lipinski definition) is 3. The van der Waals surface area contributed by atoms with Crippen LogP contribution in [0.5, 0.6) is 0 Å². The van der Waals surface area contributed by atoms with E-state index in [4.69, 9.17) is 9.47 Å². The molecule has 2 atom stereocenters. The van der Waals surface area contributed by atoms with Crippen molar-refractivity contribution < 1.29 is 9.47 Å². The second-order valence-corrected chi connectivity index (χ2v) is 4.52. The van der Waals surface area contributed by atoms with Crippen molar-refractivity contribution >= 4 is 0 Å². The predicted molar refractivity (Wildman–Crippen MR) is 66.7 cm³/mol. The van der Waals surface area contributed by atoms with Crippen molar-refractivity contribution in [1.29, 1.82) is 0 Å². The quantitative estimate of drug-likeness (QED) is 0.647. The van der Waals surface area contributed by atoms with Crippen LogP contribution in [0.2, 0.25) is 0 Å². The summed E-state index contributed by atoms with van der Waals surface area (Å²) in [6.45, 7) is 8.97.